The summed E-state index contributed by atoms with van der Waals surface area (Å²) in [5.74, 6) is 0.717. The maximum absolute atomic E-state index is 9.27. The summed E-state index contributed by atoms with van der Waals surface area (Å²) in [6.45, 7) is 2.44. The molecule has 0 radical (unpaired) electrons. The zero-order chi connectivity index (χ0) is 12.4. The first kappa shape index (κ1) is 12.1. The Morgan fingerprint density at radius 1 is 1.53 bits per heavy atom. The molecule has 2 rings (SSSR count). The minimum atomic E-state index is -0.338. The molecule has 0 fully saturated rings. The van der Waals surface area contributed by atoms with Crippen molar-refractivity contribution in [2.45, 2.75) is 19.4 Å². The van der Waals surface area contributed by atoms with Crippen LogP contribution < -0.4 is 4.90 Å². The van der Waals surface area contributed by atoms with Crippen LogP contribution in [0.1, 0.15) is 13.3 Å². The number of aromatic nitrogens is 4. The van der Waals surface area contributed by atoms with Gasteiger partial charge in [0.2, 0.25) is 5.28 Å². The van der Waals surface area contributed by atoms with Crippen molar-refractivity contribution in [2.75, 3.05) is 18.5 Å². The predicted molar refractivity (Wildman–Crippen MR) is 66.3 cm³/mol. The number of aliphatic hydroxyl groups excluding tert-OH is 1. The molecule has 2 aromatic rings. The number of aromatic amines is 1. The quantitative estimate of drug-likeness (QED) is 0.803. The van der Waals surface area contributed by atoms with Crippen molar-refractivity contribution >= 4 is 28.5 Å². The highest BCUT2D eigenvalue weighted by molar-refractivity contribution is 6.28. The van der Waals surface area contributed by atoms with Crippen LogP contribution in [0.15, 0.2) is 6.20 Å². The van der Waals surface area contributed by atoms with Gasteiger partial charge in [0.1, 0.15) is 5.82 Å². The molecular weight excluding hydrogens is 242 g/mol. The van der Waals surface area contributed by atoms with Gasteiger partial charge in [0.15, 0.2) is 5.65 Å². The van der Waals surface area contributed by atoms with Crippen LogP contribution in [0.2, 0.25) is 5.28 Å². The van der Waals surface area contributed by atoms with E-state index in [0.717, 1.165) is 11.2 Å². The number of hydrogen-bond acceptors (Lipinski definition) is 5. The fourth-order valence-corrected chi connectivity index (χ4v) is 1.74. The molecule has 1 atom stereocenters. The molecule has 17 heavy (non-hydrogen) atoms. The van der Waals surface area contributed by atoms with E-state index in [1.165, 1.54) is 0 Å². The van der Waals surface area contributed by atoms with Gasteiger partial charge in [-0.25, -0.2) is 0 Å². The Morgan fingerprint density at radius 2 is 2.29 bits per heavy atom. The second-order valence-electron chi connectivity index (χ2n) is 4.01. The summed E-state index contributed by atoms with van der Waals surface area (Å²) < 4.78 is 0. The van der Waals surface area contributed by atoms with Crippen LogP contribution in [0, 0.1) is 0 Å². The molecule has 0 saturated carbocycles. The Kier molecular flexibility index (Phi) is 3.44. The van der Waals surface area contributed by atoms with Crippen LogP contribution in [-0.4, -0.2) is 45.0 Å². The number of nitrogens with one attached hydrogen (secondary N) is 1. The molecule has 0 aromatic carbocycles. The Morgan fingerprint density at radius 3 is 3.00 bits per heavy atom. The molecule has 0 spiro atoms. The predicted octanol–water partition coefficient (Wildman–Crippen LogP) is 1.21. The minimum Gasteiger partial charge on any atom is -0.393 e. The molecule has 0 amide bonds. The number of nitrogens with zero attached hydrogens (tertiary/aromatic N) is 4. The summed E-state index contributed by atoms with van der Waals surface area (Å²) in [5.41, 5.74) is 0.615. The van der Waals surface area contributed by atoms with Crippen LogP contribution in [0.25, 0.3) is 11.0 Å². The highest BCUT2D eigenvalue weighted by atomic mass is 35.5. The Balaban J connectivity index is 2.30. The highest BCUT2D eigenvalue weighted by Crippen LogP contribution is 2.22. The monoisotopic (exact) mass is 255 g/mol. The van der Waals surface area contributed by atoms with E-state index in [1.54, 1.807) is 13.1 Å². The van der Waals surface area contributed by atoms with Crippen LogP contribution in [0.3, 0.4) is 0 Å². The lowest BCUT2D eigenvalue weighted by atomic mass is 10.2. The third kappa shape index (κ3) is 2.65. The van der Waals surface area contributed by atoms with Gasteiger partial charge in [-0.3, -0.25) is 5.10 Å². The summed E-state index contributed by atoms with van der Waals surface area (Å²) in [6, 6.07) is 0. The van der Waals surface area contributed by atoms with Gasteiger partial charge in [-0.05, 0) is 24.9 Å². The van der Waals surface area contributed by atoms with Gasteiger partial charge in [-0.2, -0.15) is 15.1 Å². The van der Waals surface area contributed by atoms with Crippen LogP contribution in [-0.2, 0) is 0 Å². The number of halogens is 1. The normalized spacial score (nSPS) is 12.9. The molecule has 1 unspecified atom stereocenters. The van der Waals surface area contributed by atoms with E-state index in [1.807, 2.05) is 11.9 Å². The molecule has 0 bridgehead atoms. The van der Waals surface area contributed by atoms with E-state index < -0.39 is 0 Å². The van der Waals surface area contributed by atoms with Crippen molar-refractivity contribution in [1.29, 1.82) is 0 Å². The summed E-state index contributed by atoms with van der Waals surface area (Å²) in [7, 11) is 1.90. The molecule has 0 aliphatic heterocycles. The molecule has 0 aliphatic carbocycles. The van der Waals surface area contributed by atoms with Crippen LogP contribution >= 0.6 is 11.6 Å². The van der Waals surface area contributed by atoms with Crippen molar-refractivity contribution in [2.24, 2.45) is 0 Å². The summed E-state index contributed by atoms with van der Waals surface area (Å²) >= 11 is 5.84. The third-order valence-corrected chi connectivity index (χ3v) is 2.68. The second-order valence-corrected chi connectivity index (χ2v) is 4.35. The van der Waals surface area contributed by atoms with Gasteiger partial charge in [0.05, 0.1) is 17.7 Å². The largest absolute Gasteiger partial charge is 0.393 e. The summed E-state index contributed by atoms with van der Waals surface area (Å²) in [6.07, 6.45) is 1.99. The van der Waals surface area contributed by atoms with Crippen molar-refractivity contribution in [3.05, 3.63) is 11.5 Å². The number of anilines is 1. The molecule has 0 aliphatic rings. The molecule has 2 aromatic heterocycles. The Labute approximate surface area is 104 Å². The smallest absolute Gasteiger partial charge is 0.226 e. The minimum absolute atomic E-state index is 0.181. The van der Waals surface area contributed by atoms with Crippen molar-refractivity contribution < 1.29 is 5.11 Å². The van der Waals surface area contributed by atoms with E-state index in [-0.39, 0.29) is 11.4 Å². The molecule has 6 nitrogen and oxygen atoms in total. The molecule has 92 valence electrons. The molecule has 0 saturated heterocycles. The first-order valence-electron chi connectivity index (χ1n) is 5.33. The van der Waals surface area contributed by atoms with E-state index in [2.05, 4.69) is 20.2 Å². The fourth-order valence-electron chi connectivity index (χ4n) is 1.57. The first-order chi connectivity index (χ1) is 8.08. The second kappa shape index (κ2) is 4.85. The van der Waals surface area contributed by atoms with E-state index >= 15 is 0 Å². The van der Waals surface area contributed by atoms with Gasteiger partial charge in [0.25, 0.3) is 0 Å². The van der Waals surface area contributed by atoms with Gasteiger partial charge < -0.3 is 10.0 Å². The lowest BCUT2D eigenvalue weighted by Crippen LogP contribution is -2.23. The average molecular weight is 256 g/mol. The SMILES string of the molecule is CC(O)CCN(C)c1nc(Cl)nc2[nH]ncc12. The summed E-state index contributed by atoms with van der Waals surface area (Å²) in [5, 5.41) is 17.0. The highest BCUT2D eigenvalue weighted by Gasteiger charge is 2.12. The van der Waals surface area contributed by atoms with Crippen LogP contribution in [0.5, 0.6) is 0 Å². The number of fused-ring (bicyclic) bond motifs is 1. The number of rotatable bonds is 4. The van der Waals surface area contributed by atoms with Gasteiger partial charge in [0, 0.05) is 13.6 Å². The fraction of sp³-hybridized carbons (Fsp3) is 0.500. The van der Waals surface area contributed by atoms with Gasteiger partial charge >= 0.3 is 0 Å². The Bertz CT molecular complexity index is 512. The number of aliphatic hydroxyl groups is 1. The lowest BCUT2D eigenvalue weighted by Gasteiger charge is -2.19. The van der Waals surface area contributed by atoms with E-state index in [0.29, 0.717) is 18.6 Å². The van der Waals surface area contributed by atoms with E-state index in [4.69, 9.17) is 11.6 Å². The summed E-state index contributed by atoms with van der Waals surface area (Å²) in [4.78, 5) is 10.2. The van der Waals surface area contributed by atoms with Crippen molar-refractivity contribution in [3.63, 3.8) is 0 Å². The zero-order valence-electron chi connectivity index (χ0n) is 9.68. The Hall–Kier alpha value is -1.40. The van der Waals surface area contributed by atoms with Crippen LogP contribution in [0.4, 0.5) is 5.82 Å². The average Bonchev–Trinajstić information content (AvgIpc) is 2.72. The third-order valence-electron chi connectivity index (χ3n) is 2.51. The maximum atomic E-state index is 9.27. The van der Waals surface area contributed by atoms with E-state index in [9.17, 15) is 5.11 Å². The lowest BCUT2D eigenvalue weighted by molar-refractivity contribution is 0.187. The van der Waals surface area contributed by atoms with Gasteiger partial charge in [-0.15, -0.1) is 0 Å². The number of hydrogen-bond donors (Lipinski definition) is 2. The van der Waals surface area contributed by atoms with Crippen molar-refractivity contribution in [1.82, 2.24) is 20.2 Å². The van der Waals surface area contributed by atoms with Gasteiger partial charge in [-0.1, -0.05) is 0 Å². The molecule has 2 heterocycles. The first-order valence-corrected chi connectivity index (χ1v) is 5.71. The standard InChI is InChI=1S/C10H14ClN5O/c1-6(17)3-4-16(2)9-7-5-12-15-8(7)13-10(11)14-9/h5-6,17H,3-4H2,1-2H3,(H,12,13,14,15). The topological polar surface area (TPSA) is 77.9 Å². The zero-order valence-corrected chi connectivity index (χ0v) is 10.4. The molecule has 7 heteroatoms. The maximum Gasteiger partial charge on any atom is 0.226 e. The molecule has 2 N–H and O–H groups in total. The number of H-pyrrole nitrogens is 1. The van der Waals surface area contributed by atoms with Crippen molar-refractivity contribution in [3.8, 4) is 0 Å². The molecular formula is C10H14ClN5O.